The molecule has 1 saturated heterocycles. The van der Waals surface area contributed by atoms with Crippen molar-refractivity contribution in [3.63, 3.8) is 0 Å². The van der Waals surface area contributed by atoms with Gasteiger partial charge in [0.05, 0.1) is 0 Å². The molecular weight excluding hydrogens is 334 g/mol. The van der Waals surface area contributed by atoms with Gasteiger partial charge in [0.15, 0.2) is 0 Å². The van der Waals surface area contributed by atoms with Crippen molar-refractivity contribution in [2.24, 2.45) is 0 Å². The van der Waals surface area contributed by atoms with Gasteiger partial charge in [-0.15, -0.1) is 16.9 Å². The van der Waals surface area contributed by atoms with Gasteiger partial charge in [0.1, 0.15) is 0 Å². The lowest BCUT2D eigenvalue weighted by Gasteiger charge is -2.24. The Kier molecular flexibility index (Phi) is 5.96. The monoisotopic (exact) mass is 359 g/mol. The SMILES string of the molecule is Cc1ccc(SCCC(=O)Nc2nc(N3CCCCC3)n[nH]2)cc1C. The van der Waals surface area contributed by atoms with Crippen molar-refractivity contribution in [2.75, 3.05) is 29.1 Å². The first kappa shape index (κ1) is 17.8. The Bertz CT molecular complexity index is 724. The third-order valence-electron chi connectivity index (χ3n) is 4.45. The third-order valence-corrected chi connectivity index (χ3v) is 5.44. The summed E-state index contributed by atoms with van der Waals surface area (Å²) in [5.74, 6) is 1.81. The Morgan fingerprint density at radius 3 is 2.80 bits per heavy atom. The number of carbonyl (C=O) groups excluding carboxylic acids is 1. The number of amides is 1. The van der Waals surface area contributed by atoms with Crippen LogP contribution in [-0.2, 0) is 4.79 Å². The maximum absolute atomic E-state index is 12.1. The van der Waals surface area contributed by atoms with Crippen LogP contribution in [0.2, 0.25) is 0 Å². The van der Waals surface area contributed by atoms with Gasteiger partial charge in [0.25, 0.3) is 0 Å². The molecule has 2 heterocycles. The fourth-order valence-corrected chi connectivity index (χ4v) is 3.75. The highest BCUT2D eigenvalue weighted by molar-refractivity contribution is 7.99. The van der Waals surface area contributed by atoms with E-state index in [-0.39, 0.29) is 5.91 Å². The van der Waals surface area contributed by atoms with E-state index >= 15 is 0 Å². The molecule has 1 aromatic carbocycles. The average molecular weight is 359 g/mol. The minimum atomic E-state index is -0.0438. The molecule has 2 N–H and O–H groups in total. The highest BCUT2D eigenvalue weighted by Crippen LogP contribution is 2.22. The van der Waals surface area contributed by atoms with Crippen molar-refractivity contribution in [2.45, 2.75) is 44.4 Å². The maximum atomic E-state index is 12.1. The smallest absolute Gasteiger partial charge is 0.246 e. The highest BCUT2D eigenvalue weighted by atomic mass is 32.2. The van der Waals surface area contributed by atoms with Gasteiger partial charge in [-0.3, -0.25) is 10.1 Å². The molecule has 25 heavy (non-hydrogen) atoms. The summed E-state index contributed by atoms with van der Waals surface area (Å²) < 4.78 is 0. The van der Waals surface area contributed by atoms with Crippen molar-refractivity contribution in [1.29, 1.82) is 0 Å². The van der Waals surface area contributed by atoms with E-state index in [1.807, 2.05) is 0 Å². The minimum Gasteiger partial charge on any atom is -0.340 e. The standard InChI is InChI=1S/C18H25N5OS/c1-13-6-7-15(12-14(13)2)25-11-8-16(24)19-17-20-18(22-21-17)23-9-4-3-5-10-23/h6-7,12H,3-5,8-11H2,1-2H3,(H2,19,20,21,22,24). The second kappa shape index (κ2) is 8.38. The number of nitrogens with one attached hydrogen (secondary N) is 2. The molecule has 0 atom stereocenters. The number of rotatable bonds is 6. The van der Waals surface area contributed by atoms with Crippen molar-refractivity contribution >= 4 is 29.6 Å². The summed E-state index contributed by atoms with van der Waals surface area (Å²) in [6.07, 6.45) is 4.05. The fourth-order valence-electron chi connectivity index (χ4n) is 2.80. The Morgan fingerprint density at radius 2 is 2.04 bits per heavy atom. The molecule has 1 aliphatic rings. The number of aryl methyl sites for hydroxylation is 2. The number of H-pyrrole nitrogens is 1. The van der Waals surface area contributed by atoms with E-state index in [1.165, 1.54) is 35.3 Å². The van der Waals surface area contributed by atoms with E-state index in [2.05, 4.69) is 57.4 Å². The van der Waals surface area contributed by atoms with E-state index in [4.69, 9.17) is 0 Å². The molecule has 0 saturated carbocycles. The second-order valence-corrected chi connectivity index (χ2v) is 7.59. The molecule has 1 fully saturated rings. The van der Waals surface area contributed by atoms with Crippen LogP contribution in [0.3, 0.4) is 0 Å². The van der Waals surface area contributed by atoms with Crippen LogP contribution in [0, 0.1) is 13.8 Å². The predicted octanol–water partition coefficient (Wildman–Crippen LogP) is 3.53. The summed E-state index contributed by atoms with van der Waals surface area (Å²) in [5, 5.41) is 9.82. The van der Waals surface area contributed by atoms with Crippen molar-refractivity contribution in [3.05, 3.63) is 29.3 Å². The summed E-state index contributed by atoms with van der Waals surface area (Å²) >= 11 is 1.69. The van der Waals surface area contributed by atoms with E-state index in [9.17, 15) is 4.79 Å². The van der Waals surface area contributed by atoms with Crippen molar-refractivity contribution < 1.29 is 4.79 Å². The summed E-state index contributed by atoms with van der Waals surface area (Å²) in [6, 6.07) is 6.39. The van der Waals surface area contributed by atoms with Gasteiger partial charge in [-0.1, -0.05) is 6.07 Å². The van der Waals surface area contributed by atoms with Crippen LogP contribution in [0.4, 0.5) is 11.9 Å². The lowest BCUT2D eigenvalue weighted by Crippen LogP contribution is -2.30. The number of carbonyl (C=O) groups is 1. The first-order chi connectivity index (χ1) is 12.1. The van der Waals surface area contributed by atoms with E-state index < -0.39 is 0 Å². The molecule has 7 heteroatoms. The number of aromatic amines is 1. The largest absolute Gasteiger partial charge is 0.340 e. The number of piperidine rings is 1. The van der Waals surface area contributed by atoms with Crippen LogP contribution < -0.4 is 10.2 Å². The van der Waals surface area contributed by atoms with Gasteiger partial charge in [-0.2, -0.15) is 4.98 Å². The van der Waals surface area contributed by atoms with Crippen LogP contribution in [0.25, 0.3) is 0 Å². The molecule has 0 unspecified atom stereocenters. The number of aromatic nitrogens is 3. The molecule has 0 aliphatic carbocycles. The molecule has 0 spiro atoms. The predicted molar refractivity (Wildman–Crippen MR) is 102 cm³/mol. The van der Waals surface area contributed by atoms with Gasteiger partial charge in [0, 0.05) is 30.2 Å². The van der Waals surface area contributed by atoms with Gasteiger partial charge >= 0.3 is 0 Å². The third kappa shape index (κ3) is 4.98. The molecule has 0 radical (unpaired) electrons. The maximum Gasteiger partial charge on any atom is 0.246 e. The zero-order valence-electron chi connectivity index (χ0n) is 14.8. The zero-order valence-corrected chi connectivity index (χ0v) is 15.7. The lowest BCUT2D eigenvalue weighted by atomic mass is 10.1. The van der Waals surface area contributed by atoms with Gasteiger partial charge < -0.3 is 4.90 Å². The van der Waals surface area contributed by atoms with Crippen LogP contribution in [0.15, 0.2) is 23.1 Å². The summed E-state index contributed by atoms with van der Waals surface area (Å²) in [4.78, 5) is 19.8. The Morgan fingerprint density at radius 1 is 1.24 bits per heavy atom. The average Bonchev–Trinajstić information content (AvgIpc) is 3.07. The molecule has 0 bridgehead atoms. The zero-order chi connectivity index (χ0) is 17.6. The summed E-state index contributed by atoms with van der Waals surface area (Å²) in [6.45, 7) is 6.18. The summed E-state index contributed by atoms with van der Waals surface area (Å²) in [7, 11) is 0. The van der Waals surface area contributed by atoms with Crippen LogP contribution in [-0.4, -0.2) is 39.9 Å². The number of hydrogen-bond donors (Lipinski definition) is 2. The first-order valence-corrected chi connectivity index (χ1v) is 9.77. The van der Waals surface area contributed by atoms with Gasteiger partial charge in [0.2, 0.25) is 17.8 Å². The Hall–Kier alpha value is -2.02. The lowest BCUT2D eigenvalue weighted by molar-refractivity contribution is -0.115. The molecule has 1 amide bonds. The molecule has 3 rings (SSSR count). The first-order valence-electron chi connectivity index (χ1n) is 8.79. The molecule has 2 aromatic rings. The van der Waals surface area contributed by atoms with Gasteiger partial charge in [-0.25, -0.2) is 5.10 Å². The van der Waals surface area contributed by atoms with E-state index in [1.54, 1.807) is 11.8 Å². The van der Waals surface area contributed by atoms with Crippen LogP contribution >= 0.6 is 11.8 Å². The molecule has 1 aromatic heterocycles. The number of anilines is 2. The molecular formula is C18H25N5OS. The molecule has 134 valence electrons. The van der Waals surface area contributed by atoms with Crippen molar-refractivity contribution in [1.82, 2.24) is 15.2 Å². The number of nitrogens with zero attached hydrogens (tertiary/aromatic N) is 3. The quantitative estimate of drug-likeness (QED) is 0.772. The molecule has 6 nitrogen and oxygen atoms in total. The number of benzene rings is 1. The van der Waals surface area contributed by atoms with Crippen LogP contribution in [0.1, 0.15) is 36.8 Å². The number of thioether (sulfide) groups is 1. The Labute approximate surface area is 152 Å². The second-order valence-electron chi connectivity index (χ2n) is 6.42. The van der Waals surface area contributed by atoms with Crippen LogP contribution in [0.5, 0.6) is 0 Å². The van der Waals surface area contributed by atoms with E-state index in [0.29, 0.717) is 18.3 Å². The fraction of sp³-hybridized carbons (Fsp3) is 0.500. The topological polar surface area (TPSA) is 73.9 Å². The summed E-state index contributed by atoms with van der Waals surface area (Å²) in [5.41, 5.74) is 2.57. The normalized spacial score (nSPS) is 14.6. The van der Waals surface area contributed by atoms with Gasteiger partial charge in [-0.05, 0) is 56.4 Å². The highest BCUT2D eigenvalue weighted by Gasteiger charge is 2.16. The number of hydrogen-bond acceptors (Lipinski definition) is 5. The van der Waals surface area contributed by atoms with E-state index in [0.717, 1.165) is 18.8 Å². The minimum absolute atomic E-state index is 0.0438. The Balaban J connectivity index is 1.44. The molecule has 1 aliphatic heterocycles. The van der Waals surface area contributed by atoms with Crippen molar-refractivity contribution in [3.8, 4) is 0 Å².